The van der Waals surface area contributed by atoms with Crippen molar-refractivity contribution in [2.24, 2.45) is 0 Å². The van der Waals surface area contributed by atoms with Crippen molar-refractivity contribution in [3.63, 3.8) is 0 Å². The molecular formula is C30H43N5O3. The molecule has 8 heteroatoms. The number of hydrogen-bond donors (Lipinski definition) is 2. The third kappa shape index (κ3) is 5.51. The van der Waals surface area contributed by atoms with Crippen LogP contribution in [0.5, 0.6) is 0 Å². The molecule has 8 nitrogen and oxygen atoms in total. The van der Waals surface area contributed by atoms with Crippen LogP contribution in [0.15, 0.2) is 42.6 Å². The third-order valence-corrected chi connectivity index (χ3v) is 8.44. The lowest BCUT2D eigenvalue weighted by Crippen LogP contribution is -2.63. The summed E-state index contributed by atoms with van der Waals surface area (Å²) >= 11 is 0. The van der Waals surface area contributed by atoms with Crippen LogP contribution >= 0.6 is 0 Å². The molecule has 0 radical (unpaired) electrons. The predicted molar refractivity (Wildman–Crippen MR) is 149 cm³/mol. The molecule has 2 fully saturated rings. The van der Waals surface area contributed by atoms with E-state index in [9.17, 15) is 9.90 Å². The van der Waals surface area contributed by atoms with Gasteiger partial charge in [-0.3, -0.25) is 19.6 Å². The topological polar surface area (TPSA) is 81.2 Å². The van der Waals surface area contributed by atoms with Crippen molar-refractivity contribution in [2.75, 3.05) is 50.8 Å². The van der Waals surface area contributed by atoms with Crippen molar-refractivity contribution < 1.29 is 14.6 Å². The zero-order valence-electron chi connectivity index (χ0n) is 23.4. The maximum absolute atomic E-state index is 13.9. The molecule has 2 N–H and O–H groups in total. The van der Waals surface area contributed by atoms with Crippen LogP contribution in [0, 0.1) is 0 Å². The van der Waals surface area contributed by atoms with E-state index in [0.29, 0.717) is 36.8 Å². The van der Waals surface area contributed by atoms with Gasteiger partial charge in [0.1, 0.15) is 6.10 Å². The van der Waals surface area contributed by atoms with Crippen LogP contribution in [-0.4, -0.2) is 95.9 Å². The molecule has 1 aromatic carbocycles. The molecular weight excluding hydrogens is 478 g/mol. The standard InChI is InChI=1S/C30H43N5O3/c1-20-14-33(25(13-31-20)15-34-21(2)17-38-18-22(34)3)16-27(36)35-19-30(4,5)29-26(35)11-24(12-32-29)28(37)23-9-7-6-8-10-23/h6-12,20-22,25,28,31,37H,13-19H2,1-5H3/t20-,21-,22-,25-,28?/m1/s1. The van der Waals surface area contributed by atoms with Gasteiger partial charge in [0.05, 0.1) is 31.1 Å². The van der Waals surface area contributed by atoms with E-state index in [0.717, 1.165) is 49.8 Å². The number of pyridine rings is 1. The lowest BCUT2D eigenvalue weighted by atomic mass is 9.90. The summed E-state index contributed by atoms with van der Waals surface area (Å²) in [5.41, 5.74) is 3.00. The molecule has 0 saturated carbocycles. The normalized spacial score (nSPS) is 28.7. The highest BCUT2D eigenvalue weighted by atomic mass is 16.5. The average Bonchev–Trinajstić information content (AvgIpc) is 3.17. The van der Waals surface area contributed by atoms with Crippen LogP contribution in [0.3, 0.4) is 0 Å². The smallest absolute Gasteiger partial charge is 0.241 e. The first kappa shape index (κ1) is 27.2. The molecule has 38 heavy (non-hydrogen) atoms. The summed E-state index contributed by atoms with van der Waals surface area (Å²) in [7, 11) is 0. The van der Waals surface area contributed by atoms with E-state index in [1.54, 1.807) is 6.20 Å². The van der Waals surface area contributed by atoms with Gasteiger partial charge in [0.15, 0.2) is 0 Å². The lowest BCUT2D eigenvalue weighted by Gasteiger charge is -2.46. The van der Waals surface area contributed by atoms with Gasteiger partial charge in [0, 0.05) is 67.5 Å². The number of rotatable bonds is 6. The maximum atomic E-state index is 13.9. The number of amides is 1. The van der Waals surface area contributed by atoms with E-state index in [1.807, 2.05) is 41.3 Å². The maximum Gasteiger partial charge on any atom is 0.241 e. The second kappa shape index (κ2) is 11.0. The first-order valence-electron chi connectivity index (χ1n) is 14.0. The van der Waals surface area contributed by atoms with Gasteiger partial charge in [0.2, 0.25) is 5.91 Å². The van der Waals surface area contributed by atoms with E-state index in [1.165, 1.54) is 0 Å². The minimum absolute atomic E-state index is 0.0900. The average molecular weight is 522 g/mol. The fourth-order valence-electron chi connectivity index (χ4n) is 6.25. The number of ether oxygens (including phenoxy) is 1. The highest BCUT2D eigenvalue weighted by Gasteiger charge is 2.41. The molecule has 5 rings (SSSR count). The zero-order valence-corrected chi connectivity index (χ0v) is 23.4. The van der Waals surface area contributed by atoms with Gasteiger partial charge in [-0.25, -0.2) is 0 Å². The van der Waals surface area contributed by atoms with Gasteiger partial charge in [-0.15, -0.1) is 0 Å². The summed E-state index contributed by atoms with van der Waals surface area (Å²) in [5.74, 6) is 0.0900. The van der Waals surface area contributed by atoms with Crippen LogP contribution < -0.4 is 10.2 Å². The molecule has 4 heterocycles. The van der Waals surface area contributed by atoms with Crippen molar-refractivity contribution >= 4 is 11.6 Å². The molecule has 1 unspecified atom stereocenters. The fraction of sp³-hybridized carbons (Fsp3) is 0.600. The van der Waals surface area contributed by atoms with Crippen molar-refractivity contribution in [3.8, 4) is 0 Å². The number of aliphatic hydroxyl groups excluding tert-OH is 1. The summed E-state index contributed by atoms with van der Waals surface area (Å²) in [6.07, 6.45) is 0.968. The molecule has 0 spiro atoms. The van der Waals surface area contributed by atoms with E-state index < -0.39 is 6.10 Å². The van der Waals surface area contributed by atoms with E-state index in [-0.39, 0.29) is 17.4 Å². The Balaban J connectivity index is 1.36. The zero-order chi connectivity index (χ0) is 27.0. The molecule has 2 saturated heterocycles. The number of aromatic nitrogens is 1. The van der Waals surface area contributed by atoms with E-state index in [2.05, 4.69) is 49.7 Å². The Morgan fingerprint density at radius 1 is 1.16 bits per heavy atom. The van der Waals surface area contributed by atoms with Gasteiger partial charge in [-0.1, -0.05) is 44.2 Å². The summed E-state index contributed by atoms with van der Waals surface area (Å²) in [6.45, 7) is 16.0. The first-order valence-corrected chi connectivity index (χ1v) is 14.0. The monoisotopic (exact) mass is 521 g/mol. The SMILES string of the molecule is C[C@@H]1CN(CC(=O)N2CC(C)(C)c3ncc(C(O)c4ccccc4)cc32)[C@@H](CN2[C@H](C)COC[C@H]2C)CN1. The highest BCUT2D eigenvalue weighted by molar-refractivity contribution is 5.97. The van der Waals surface area contributed by atoms with Crippen LogP contribution in [0.4, 0.5) is 5.69 Å². The molecule has 206 valence electrons. The largest absolute Gasteiger partial charge is 0.384 e. The second-order valence-corrected chi connectivity index (χ2v) is 12.1. The first-order chi connectivity index (χ1) is 18.1. The van der Waals surface area contributed by atoms with E-state index in [4.69, 9.17) is 9.72 Å². The lowest BCUT2D eigenvalue weighted by molar-refractivity contribution is -0.121. The van der Waals surface area contributed by atoms with Crippen LogP contribution in [0.25, 0.3) is 0 Å². The number of piperazine rings is 1. The van der Waals surface area contributed by atoms with Crippen LogP contribution in [-0.2, 0) is 14.9 Å². The van der Waals surface area contributed by atoms with Crippen molar-refractivity contribution in [1.82, 2.24) is 20.1 Å². The Labute approximate surface area is 227 Å². The summed E-state index contributed by atoms with van der Waals surface area (Å²) in [6, 6.07) is 12.9. The number of carbonyl (C=O) groups is 1. The molecule has 0 aliphatic carbocycles. The Morgan fingerprint density at radius 2 is 1.87 bits per heavy atom. The number of aliphatic hydroxyl groups is 1. The van der Waals surface area contributed by atoms with Crippen molar-refractivity contribution in [3.05, 3.63) is 59.4 Å². The Bertz CT molecular complexity index is 1120. The molecule has 3 aliphatic heterocycles. The Kier molecular flexibility index (Phi) is 7.89. The molecule has 2 aromatic rings. The Morgan fingerprint density at radius 3 is 2.58 bits per heavy atom. The number of anilines is 1. The van der Waals surface area contributed by atoms with Crippen molar-refractivity contribution in [2.45, 2.75) is 70.3 Å². The predicted octanol–water partition coefficient (Wildman–Crippen LogP) is 2.56. The Hall–Kier alpha value is -2.36. The quantitative estimate of drug-likeness (QED) is 0.605. The molecule has 3 aliphatic rings. The number of morpholine rings is 1. The van der Waals surface area contributed by atoms with E-state index >= 15 is 0 Å². The van der Waals surface area contributed by atoms with Gasteiger partial charge >= 0.3 is 0 Å². The fourth-order valence-corrected chi connectivity index (χ4v) is 6.25. The molecule has 1 aromatic heterocycles. The molecule has 5 atom stereocenters. The minimum atomic E-state index is -0.787. The van der Waals surface area contributed by atoms with Gasteiger partial charge in [-0.05, 0) is 32.4 Å². The van der Waals surface area contributed by atoms with Gasteiger partial charge < -0.3 is 20.1 Å². The summed E-state index contributed by atoms with van der Waals surface area (Å²) < 4.78 is 5.74. The number of nitrogens with one attached hydrogen (secondary N) is 1. The summed E-state index contributed by atoms with van der Waals surface area (Å²) in [4.78, 5) is 25.5. The van der Waals surface area contributed by atoms with Crippen LogP contribution in [0.2, 0.25) is 0 Å². The molecule has 0 bridgehead atoms. The number of fused-ring (bicyclic) bond motifs is 1. The minimum Gasteiger partial charge on any atom is -0.384 e. The van der Waals surface area contributed by atoms with Gasteiger partial charge in [0.25, 0.3) is 0 Å². The number of nitrogens with zero attached hydrogens (tertiary/aromatic N) is 4. The third-order valence-electron chi connectivity index (χ3n) is 8.44. The second-order valence-electron chi connectivity index (χ2n) is 12.1. The number of hydrogen-bond acceptors (Lipinski definition) is 7. The molecule has 1 amide bonds. The highest BCUT2D eigenvalue weighted by Crippen LogP contribution is 2.40. The number of carbonyl (C=O) groups excluding carboxylic acids is 1. The number of benzene rings is 1. The van der Waals surface area contributed by atoms with Crippen LogP contribution in [0.1, 0.15) is 57.5 Å². The summed E-state index contributed by atoms with van der Waals surface area (Å²) in [5, 5.41) is 14.7. The van der Waals surface area contributed by atoms with Gasteiger partial charge in [-0.2, -0.15) is 0 Å². The van der Waals surface area contributed by atoms with Crippen molar-refractivity contribution in [1.29, 1.82) is 0 Å².